The summed E-state index contributed by atoms with van der Waals surface area (Å²) in [5.41, 5.74) is 2.84. The number of hydrogen-bond donors (Lipinski definition) is 0. The Hall–Kier alpha value is -2.85. The van der Waals surface area contributed by atoms with Gasteiger partial charge in [0.1, 0.15) is 5.75 Å². The van der Waals surface area contributed by atoms with Crippen molar-refractivity contribution in [1.82, 2.24) is 4.98 Å². The van der Waals surface area contributed by atoms with E-state index in [0.717, 1.165) is 32.9 Å². The van der Waals surface area contributed by atoms with Gasteiger partial charge in [0.05, 0.1) is 46.6 Å². The molecule has 0 aliphatic carbocycles. The van der Waals surface area contributed by atoms with Crippen molar-refractivity contribution in [3.05, 3.63) is 72.3 Å². The van der Waals surface area contributed by atoms with Crippen molar-refractivity contribution < 1.29 is 26.1 Å². The molecular formula is C24H22NO6S2-. The van der Waals surface area contributed by atoms with Crippen molar-refractivity contribution in [3.63, 3.8) is 0 Å². The zero-order valence-corrected chi connectivity index (χ0v) is 19.5. The molecule has 1 aromatic heterocycles. The summed E-state index contributed by atoms with van der Waals surface area (Å²) < 4.78 is 55.5. The number of ether oxygens (including phenoxy) is 1. The van der Waals surface area contributed by atoms with Crippen molar-refractivity contribution in [2.24, 2.45) is 0 Å². The van der Waals surface area contributed by atoms with Crippen LogP contribution in [0.3, 0.4) is 0 Å². The lowest BCUT2D eigenvalue weighted by molar-refractivity contribution is 0.316. The van der Waals surface area contributed by atoms with Gasteiger partial charge in [0.15, 0.2) is 11.1 Å². The second-order valence-electron chi connectivity index (χ2n) is 7.46. The molecule has 0 fully saturated rings. The van der Waals surface area contributed by atoms with Gasteiger partial charge in [-0.05, 0) is 53.8 Å². The minimum absolute atomic E-state index is 0.414. The van der Waals surface area contributed by atoms with Gasteiger partial charge in [0, 0.05) is 16.3 Å². The van der Waals surface area contributed by atoms with Crippen LogP contribution in [0.1, 0.15) is 12.0 Å². The smallest absolute Gasteiger partial charge is 0.155 e. The number of rotatable bonds is 9. The van der Waals surface area contributed by atoms with E-state index < -0.39 is 27.0 Å². The summed E-state index contributed by atoms with van der Waals surface area (Å²) in [7, 11) is -2.98. The van der Waals surface area contributed by atoms with Crippen LogP contribution < -0.4 is 4.74 Å². The molecule has 0 aliphatic heterocycles. The van der Waals surface area contributed by atoms with E-state index in [1.165, 1.54) is 7.11 Å². The van der Waals surface area contributed by atoms with Crippen molar-refractivity contribution in [2.45, 2.75) is 12.2 Å². The van der Waals surface area contributed by atoms with Gasteiger partial charge < -0.3 is 9.29 Å². The minimum atomic E-state index is -4.39. The molecule has 0 spiro atoms. The molecule has 33 heavy (non-hydrogen) atoms. The van der Waals surface area contributed by atoms with Gasteiger partial charge in [0.2, 0.25) is 0 Å². The molecule has 4 aromatic rings. The van der Waals surface area contributed by atoms with Crippen LogP contribution in [-0.4, -0.2) is 41.6 Å². The average Bonchev–Trinajstić information content (AvgIpc) is 2.80. The molecule has 0 N–H and O–H groups in total. The van der Waals surface area contributed by atoms with Crippen molar-refractivity contribution in [3.8, 4) is 17.0 Å². The highest BCUT2D eigenvalue weighted by Gasteiger charge is 2.12. The van der Waals surface area contributed by atoms with Crippen LogP contribution in [-0.2, 0) is 31.1 Å². The first-order valence-electron chi connectivity index (χ1n) is 10.2. The molecule has 3 aromatic carbocycles. The molecule has 0 saturated carbocycles. The van der Waals surface area contributed by atoms with Crippen LogP contribution in [0.15, 0.2) is 66.7 Å². The summed E-state index contributed by atoms with van der Waals surface area (Å²) in [5.74, 6) is 0.547. The first-order chi connectivity index (χ1) is 15.8. The number of pyridine rings is 1. The van der Waals surface area contributed by atoms with Gasteiger partial charge in [-0.15, -0.1) is 0 Å². The van der Waals surface area contributed by atoms with Crippen LogP contribution in [0, 0.1) is 0 Å². The molecule has 0 radical (unpaired) electrons. The van der Waals surface area contributed by atoms with Crippen LogP contribution in [0.5, 0.6) is 5.75 Å². The molecule has 4 rings (SSSR count). The molecule has 0 aliphatic rings. The average molecular weight is 485 g/mol. The second kappa shape index (κ2) is 9.96. The highest BCUT2D eigenvalue weighted by Crippen LogP contribution is 2.34. The van der Waals surface area contributed by atoms with Crippen LogP contribution >= 0.6 is 0 Å². The van der Waals surface area contributed by atoms with E-state index in [1.54, 1.807) is 12.1 Å². The molecule has 1 unspecified atom stereocenters. The van der Waals surface area contributed by atoms with Crippen molar-refractivity contribution in [2.75, 3.05) is 19.5 Å². The lowest BCUT2D eigenvalue weighted by Gasteiger charge is -2.13. The first-order valence-corrected chi connectivity index (χ1v) is 13.1. The Kier molecular flexibility index (Phi) is 7.04. The van der Waals surface area contributed by atoms with Crippen LogP contribution in [0.25, 0.3) is 32.9 Å². The number of hydrogen-bond acceptors (Lipinski definition) is 7. The third kappa shape index (κ3) is 5.75. The highest BCUT2D eigenvalue weighted by molar-refractivity contribution is 7.84. The summed E-state index contributed by atoms with van der Waals surface area (Å²) in [6.07, 6.45) is 0.612. The van der Waals surface area contributed by atoms with Crippen LogP contribution in [0.4, 0.5) is 0 Å². The fraction of sp³-hybridized carbons (Fsp3) is 0.208. The summed E-state index contributed by atoms with van der Waals surface area (Å²) >= 11 is -1.29. The van der Waals surface area contributed by atoms with E-state index in [4.69, 9.17) is 13.9 Å². The predicted molar refractivity (Wildman–Crippen MR) is 128 cm³/mol. The molecule has 1 heterocycles. The SMILES string of the molecule is COS(=O)CCCOc1ccc(-c2nc3ccccc3c3cc(CS(=O)(=O)[O-])ccc23)cc1. The summed E-state index contributed by atoms with van der Waals surface area (Å²) in [5, 5.41) is 2.58. The van der Waals surface area contributed by atoms with Gasteiger partial charge in [-0.3, -0.25) is 4.18 Å². The standard InChI is InChI=1S/C24H23NO6S2/c1-30-32(26)14-4-13-31-19-10-8-18(9-11-19)24-21-12-7-17(16-33(27,28)29)15-22(21)20-5-2-3-6-23(20)25-24/h2-3,5-12,15H,4,13-14,16H2,1H3,(H,27,28,29)/p-1. The number of fused-ring (bicyclic) bond motifs is 3. The lowest BCUT2D eigenvalue weighted by atomic mass is 9.98. The normalized spacial score (nSPS) is 12.8. The van der Waals surface area contributed by atoms with E-state index in [1.807, 2.05) is 54.6 Å². The Balaban J connectivity index is 1.67. The van der Waals surface area contributed by atoms with Gasteiger partial charge in [0.25, 0.3) is 0 Å². The van der Waals surface area contributed by atoms with Gasteiger partial charge in [-0.2, -0.15) is 0 Å². The molecule has 7 nitrogen and oxygen atoms in total. The molecule has 0 saturated heterocycles. The number of benzene rings is 3. The lowest BCUT2D eigenvalue weighted by Crippen LogP contribution is -2.05. The Bertz CT molecular complexity index is 1420. The van der Waals surface area contributed by atoms with Crippen molar-refractivity contribution >= 4 is 42.9 Å². The van der Waals surface area contributed by atoms with E-state index in [2.05, 4.69) is 0 Å². The fourth-order valence-corrected chi connectivity index (χ4v) is 4.78. The van der Waals surface area contributed by atoms with Gasteiger partial charge in [-0.25, -0.2) is 17.6 Å². The maximum absolute atomic E-state index is 11.3. The van der Waals surface area contributed by atoms with E-state index in [0.29, 0.717) is 30.1 Å². The Morgan fingerprint density at radius 2 is 1.73 bits per heavy atom. The minimum Gasteiger partial charge on any atom is -0.748 e. The molecule has 0 bridgehead atoms. The molecule has 9 heteroatoms. The molecular weight excluding hydrogens is 462 g/mol. The monoisotopic (exact) mass is 484 g/mol. The third-order valence-electron chi connectivity index (χ3n) is 5.15. The van der Waals surface area contributed by atoms with Gasteiger partial charge in [-0.1, -0.05) is 30.3 Å². The maximum Gasteiger partial charge on any atom is 0.155 e. The van der Waals surface area contributed by atoms with E-state index in [9.17, 15) is 17.2 Å². The summed E-state index contributed by atoms with van der Waals surface area (Å²) in [4.78, 5) is 4.84. The van der Waals surface area contributed by atoms with E-state index in [-0.39, 0.29) is 0 Å². The number of para-hydroxylation sites is 1. The highest BCUT2D eigenvalue weighted by atomic mass is 32.2. The maximum atomic E-state index is 11.3. The Morgan fingerprint density at radius 3 is 2.45 bits per heavy atom. The van der Waals surface area contributed by atoms with E-state index >= 15 is 0 Å². The third-order valence-corrected chi connectivity index (χ3v) is 6.83. The summed E-state index contributed by atoms with van der Waals surface area (Å²) in [6.45, 7) is 0.428. The van der Waals surface area contributed by atoms with Gasteiger partial charge >= 0.3 is 0 Å². The topological polar surface area (TPSA) is 106 Å². The van der Waals surface area contributed by atoms with Crippen molar-refractivity contribution in [1.29, 1.82) is 0 Å². The quantitative estimate of drug-likeness (QED) is 0.199. The number of nitrogens with zero attached hydrogens (tertiary/aromatic N) is 1. The van der Waals surface area contributed by atoms with Crippen LogP contribution in [0.2, 0.25) is 0 Å². The zero-order chi connectivity index (χ0) is 23.4. The first kappa shape index (κ1) is 23.3. The predicted octanol–water partition coefficient (Wildman–Crippen LogP) is 4.18. The fourth-order valence-electron chi connectivity index (χ4n) is 3.67. The Morgan fingerprint density at radius 1 is 0.970 bits per heavy atom. The summed E-state index contributed by atoms with van der Waals surface area (Å²) in [6, 6.07) is 20.4. The molecule has 1 atom stereocenters. The zero-order valence-electron chi connectivity index (χ0n) is 17.9. The number of aromatic nitrogens is 1. The largest absolute Gasteiger partial charge is 0.748 e. The second-order valence-corrected chi connectivity index (χ2v) is 10.2. The Labute approximate surface area is 194 Å². The molecule has 172 valence electrons. The molecule has 0 amide bonds.